The number of carbonyl (C=O) groups excluding carboxylic acids is 1. The summed E-state index contributed by atoms with van der Waals surface area (Å²) in [5.41, 5.74) is 1.72. The van der Waals surface area contributed by atoms with E-state index in [4.69, 9.17) is 9.47 Å². The van der Waals surface area contributed by atoms with Crippen LogP contribution in [0.4, 0.5) is 5.69 Å². The maximum atomic E-state index is 12.8. The number of nitrogens with zero attached hydrogens (tertiary/aromatic N) is 1. The first kappa shape index (κ1) is 16.1. The Morgan fingerprint density at radius 2 is 1.88 bits per heavy atom. The van der Waals surface area contributed by atoms with Gasteiger partial charge in [-0.3, -0.25) is 9.59 Å². The van der Waals surface area contributed by atoms with Gasteiger partial charge in [0.05, 0.1) is 14.2 Å². The number of nitrogens with one attached hydrogen (secondary N) is 1. The molecule has 0 atom stereocenters. The summed E-state index contributed by atoms with van der Waals surface area (Å²) in [4.78, 5) is 25.0. The first-order valence-corrected chi connectivity index (χ1v) is 7.90. The predicted octanol–water partition coefficient (Wildman–Crippen LogP) is 2.45. The van der Waals surface area contributed by atoms with Gasteiger partial charge in [0.1, 0.15) is 17.1 Å². The Labute approximate surface area is 140 Å². The Morgan fingerprint density at radius 3 is 2.54 bits per heavy atom. The Hall–Kier alpha value is -2.76. The number of pyridine rings is 1. The highest BCUT2D eigenvalue weighted by Crippen LogP contribution is 2.26. The minimum absolute atomic E-state index is 0.123. The number of carbonyl (C=O) groups is 1. The second-order valence-electron chi connectivity index (χ2n) is 5.66. The number of hydrogen-bond donors (Lipinski definition) is 1. The normalized spacial score (nSPS) is 13.1. The maximum Gasteiger partial charge on any atom is 0.261 e. The van der Waals surface area contributed by atoms with Gasteiger partial charge in [-0.25, -0.2) is 0 Å². The SMILES string of the molecule is COc1ccc(NC(=O)c2c(OC)cc(=O)n3c2CCCC3)cc1. The van der Waals surface area contributed by atoms with E-state index in [-0.39, 0.29) is 11.5 Å². The number of ether oxygens (including phenoxy) is 2. The number of methoxy groups -OCH3 is 2. The van der Waals surface area contributed by atoms with E-state index in [9.17, 15) is 9.59 Å². The Bertz CT molecular complexity index is 809. The first-order chi connectivity index (χ1) is 11.6. The minimum atomic E-state index is -0.275. The summed E-state index contributed by atoms with van der Waals surface area (Å²) < 4.78 is 12.1. The lowest BCUT2D eigenvalue weighted by Crippen LogP contribution is -2.30. The van der Waals surface area contributed by atoms with Crippen LogP contribution in [0.25, 0.3) is 0 Å². The monoisotopic (exact) mass is 328 g/mol. The molecule has 2 aromatic rings. The van der Waals surface area contributed by atoms with Crippen LogP contribution in [0.5, 0.6) is 11.5 Å². The summed E-state index contributed by atoms with van der Waals surface area (Å²) in [6, 6.07) is 8.48. The molecule has 0 aliphatic carbocycles. The molecular formula is C18H20N2O4. The highest BCUT2D eigenvalue weighted by molar-refractivity contribution is 6.07. The number of amides is 1. The number of rotatable bonds is 4. The van der Waals surface area contributed by atoms with Crippen molar-refractivity contribution >= 4 is 11.6 Å². The summed E-state index contributed by atoms with van der Waals surface area (Å²) in [5.74, 6) is 0.760. The van der Waals surface area contributed by atoms with Gasteiger partial charge in [0.25, 0.3) is 11.5 Å². The molecule has 1 aliphatic heterocycles. The van der Waals surface area contributed by atoms with Gasteiger partial charge >= 0.3 is 0 Å². The number of aromatic nitrogens is 1. The Morgan fingerprint density at radius 1 is 1.12 bits per heavy atom. The van der Waals surface area contributed by atoms with E-state index in [1.807, 2.05) is 0 Å². The molecule has 0 spiro atoms. The third-order valence-electron chi connectivity index (χ3n) is 4.22. The van der Waals surface area contributed by atoms with E-state index in [0.29, 0.717) is 35.7 Å². The fourth-order valence-corrected chi connectivity index (χ4v) is 3.01. The summed E-state index contributed by atoms with van der Waals surface area (Å²) in [5, 5.41) is 2.86. The fourth-order valence-electron chi connectivity index (χ4n) is 3.01. The van der Waals surface area contributed by atoms with Crippen LogP contribution in [0.15, 0.2) is 35.1 Å². The smallest absolute Gasteiger partial charge is 0.261 e. The van der Waals surface area contributed by atoms with Crippen LogP contribution < -0.4 is 20.3 Å². The van der Waals surface area contributed by atoms with E-state index >= 15 is 0 Å². The largest absolute Gasteiger partial charge is 0.497 e. The molecule has 1 aromatic heterocycles. The average Bonchev–Trinajstić information content (AvgIpc) is 2.62. The molecule has 0 saturated carbocycles. The van der Waals surface area contributed by atoms with E-state index in [1.54, 1.807) is 35.9 Å². The average molecular weight is 328 g/mol. The molecule has 0 unspecified atom stereocenters. The van der Waals surface area contributed by atoms with Gasteiger partial charge in [-0.1, -0.05) is 0 Å². The van der Waals surface area contributed by atoms with Crippen LogP contribution in [0.1, 0.15) is 28.9 Å². The summed E-state index contributed by atoms with van der Waals surface area (Å²) >= 11 is 0. The molecule has 24 heavy (non-hydrogen) atoms. The van der Waals surface area contributed by atoms with Crippen LogP contribution in [-0.2, 0) is 13.0 Å². The van der Waals surface area contributed by atoms with Crippen molar-refractivity contribution in [1.82, 2.24) is 4.57 Å². The number of anilines is 1. The van der Waals surface area contributed by atoms with Crippen molar-refractivity contribution in [3.8, 4) is 11.5 Å². The third-order valence-corrected chi connectivity index (χ3v) is 4.22. The molecule has 6 nitrogen and oxygen atoms in total. The van der Waals surface area contributed by atoms with E-state index in [0.717, 1.165) is 18.5 Å². The fraction of sp³-hybridized carbons (Fsp3) is 0.333. The van der Waals surface area contributed by atoms with Crippen molar-refractivity contribution in [3.05, 3.63) is 51.9 Å². The van der Waals surface area contributed by atoms with E-state index < -0.39 is 0 Å². The lowest BCUT2D eigenvalue weighted by atomic mass is 10.0. The van der Waals surface area contributed by atoms with Crippen LogP contribution >= 0.6 is 0 Å². The molecule has 1 N–H and O–H groups in total. The summed E-state index contributed by atoms with van der Waals surface area (Å²) in [6.07, 6.45) is 2.59. The zero-order chi connectivity index (χ0) is 17.1. The van der Waals surface area contributed by atoms with Gasteiger partial charge in [0, 0.05) is 24.0 Å². The molecule has 2 heterocycles. The topological polar surface area (TPSA) is 69.6 Å². The molecule has 1 amide bonds. The zero-order valence-electron chi connectivity index (χ0n) is 13.8. The quantitative estimate of drug-likeness (QED) is 0.936. The molecule has 0 saturated heterocycles. The molecule has 0 radical (unpaired) electrons. The highest BCUT2D eigenvalue weighted by atomic mass is 16.5. The van der Waals surface area contributed by atoms with Crippen LogP contribution in [0.2, 0.25) is 0 Å². The van der Waals surface area contributed by atoms with Crippen molar-refractivity contribution < 1.29 is 14.3 Å². The predicted molar refractivity (Wildman–Crippen MR) is 91.1 cm³/mol. The summed E-state index contributed by atoms with van der Waals surface area (Å²) in [6.45, 7) is 0.640. The van der Waals surface area contributed by atoms with Crippen molar-refractivity contribution in [2.45, 2.75) is 25.8 Å². The molecule has 1 aromatic carbocycles. The van der Waals surface area contributed by atoms with Crippen molar-refractivity contribution in [3.63, 3.8) is 0 Å². The second kappa shape index (κ2) is 6.78. The van der Waals surface area contributed by atoms with Crippen molar-refractivity contribution in [2.24, 2.45) is 0 Å². The lowest BCUT2D eigenvalue weighted by molar-refractivity contribution is 0.102. The second-order valence-corrected chi connectivity index (χ2v) is 5.66. The Balaban J connectivity index is 1.97. The molecular weight excluding hydrogens is 308 g/mol. The van der Waals surface area contributed by atoms with Gasteiger partial charge in [0.15, 0.2) is 0 Å². The molecule has 0 bridgehead atoms. The van der Waals surface area contributed by atoms with Gasteiger partial charge < -0.3 is 19.4 Å². The number of hydrogen-bond acceptors (Lipinski definition) is 4. The van der Waals surface area contributed by atoms with Crippen LogP contribution in [0.3, 0.4) is 0 Å². The van der Waals surface area contributed by atoms with E-state index in [1.165, 1.54) is 13.2 Å². The van der Waals surface area contributed by atoms with E-state index in [2.05, 4.69) is 5.32 Å². The van der Waals surface area contributed by atoms with Gasteiger partial charge in [0.2, 0.25) is 0 Å². The van der Waals surface area contributed by atoms with Crippen LogP contribution in [0, 0.1) is 0 Å². The van der Waals surface area contributed by atoms with Gasteiger partial charge in [-0.15, -0.1) is 0 Å². The number of benzene rings is 1. The molecule has 1 aliphatic rings. The first-order valence-electron chi connectivity index (χ1n) is 7.90. The van der Waals surface area contributed by atoms with Crippen molar-refractivity contribution in [2.75, 3.05) is 19.5 Å². The molecule has 6 heteroatoms. The highest BCUT2D eigenvalue weighted by Gasteiger charge is 2.24. The zero-order valence-corrected chi connectivity index (χ0v) is 13.8. The molecule has 126 valence electrons. The maximum absolute atomic E-state index is 12.8. The minimum Gasteiger partial charge on any atom is -0.497 e. The molecule has 3 rings (SSSR count). The third kappa shape index (κ3) is 2.99. The van der Waals surface area contributed by atoms with Gasteiger partial charge in [-0.2, -0.15) is 0 Å². The standard InChI is InChI=1S/C18H20N2O4/c1-23-13-8-6-12(7-9-13)19-18(22)17-14-5-3-4-10-20(14)16(21)11-15(17)24-2/h6-9,11H,3-5,10H2,1-2H3,(H,19,22). The van der Waals surface area contributed by atoms with Crippen LogP contribution in [-0.4, -0.2) is 24.7 Å². The summed E-state index contributed by atoms with van der Waals surface area (Å²) in [7, 11) is 3.06. The number of fused-ring (bicyclic) bond motifs is 1. The van der Waals surface area contributed by atoms with Gasteiger partial charge in [-0.05, 0) is 43.5 Å². The Kier molecular flexibility index (Phi) is 4.55. The lowest BCUT2D eigenvalue weighted by Gasteiger charge is -2.22. The van der Waals surface area contributed by atoms with Crippen molar-refractivity contribution in [1.29, 1.82) is 0 Å². The molecule has 0 fully saturated rings.